The zero-order valence-corrected chi connectivity index (χ0v) is 11.4. The molecule has 0 radical (unpaired) electrons. The van der Waals surface area contributed by atoms with Gasteiger partial charge < -0.3 is 9.84 Å². The van der Waals surface area contributed by atoms with Crippen LogP contribution < -0.4 is 0 Å². The molecule has 1 aliphatic heterocycles. The number of ether oxygens (including phenoxy) is 1. The summed E-state index contributed by atoms with van der Waals surface area (Å²) in [5.74, 6) is 0. The van der Waals surface area contributed by atoms with E-state index in [1.165, 1.54) is 18.4 Å². The number of unbranched alkanes of at least 4 members (excludes halogenated alkanes) is 1. The van der Waals surface area contributed by atoms with Crippen LogP contribution in [0.3, 0.4) is 0 Å². The first-order chi connectivity index (χ1) is 8.70. The Hall–Kier alpha value is -0.860. The van der Waals surface area contributed by atoms with Gasteiger partial charge in [0.15, 0.2) is 0 Å². The normalized spacial score (nSPS) is 25.3. The van der Waals surface area contributed by atoms with Gasteiger partial charge in [-0.3, -0.25) is 0 Å². The Morgan fingerprint density at radius 1 is 1.28 bits per heavy atom. The highest BCUT2D eigenvalue weighted by Gasteiger charge is 2.29. The molecule has 2 nitrogen and oxygen atoms in total. The molecular weight excluding hydrogens is 224 g/mol. The second-order valence-electron chi connectivity index (χ2n) is 5.35. The fourth-order valence-electron chi connectivity index (χ4n) is 2.54. The van der Waals surface area contributed by atoms with E-state index in [0.29, 0.717) is 0 Å². The highest BCUT2D eigenvalue weighted by atomic mass is 16.5. The molecule has 1 aromatic rings. The molecule has 18 heavy (non-hydrogen) atoms. The van der Waals surface area contributed by atoms with Crippen LogP contribution in [0.25, 0.3) is 0 Å². The molecule has 0 bridgehead atoms. The summed E-state index contributed by atoms with van der Waals surface area (Å²) in [4.78, 5) is 0. The van der Waals surface area contributed by atoms with Crippen LogP contribution in [0.5, 0.6) is 0 Å². The molecule has 0 aliphatic carbocycles. The summed E-state index contributed by atoms with van der Waals surface area (Å²) in [5, 5.41) is 10.3. The van der Waals surface area contributed by atoms with E-state index in [-0.39, 0.29) is 12.2 Å². The van der Waals surface area contributed by atoms with Crippen molar-refractivity contribution in [2.75, 3.05) is 0 Å². The minimum Gasteiger partial charge on any atom is -0.386 e. The molecule has 100 valence electrons. The number of aryl methyl sites for hydroxylation is 1. The van der Waals surface area contributed by atoms with E-state index in [9.17, 15) is 5.11 Å². The van der Waals surface area contributed by atoms with Crippen LogP contribution in [0.2, 0.25) is 0 Å². The number of aliphatic hydroxyl groups excluding tert-OH is 1. The Bertz CT molecular complexity index is 358. The Morgan fingerprint density at radius 3 is 2.56 bits per heavy atom. The lowest BCUT2D eigenvalue weighted by atomic mass is 9.99. The molecule has 0 saturated carbocycles. The predicted molar refractivity (Wildman–Crippen MR) is 73.6 cm³/mol. The number of rotatable bonds is 5. The average molecular weight is 248 g/mol. The van der Waals surface area contributed by atoms with E-state index in [4.69, 9.17) is 4.74 Å². The first-order valence-electron chi connectivity index (χ1n) is 7.13. The molecule has 1 aliphatic rings. The van der Waals surface area contributed by atoms with Gasteiger partial charge in [-0.15, -0.1) is 0 Å². The highest BCUT2D eigenvalue weighted by molar-refractivity contribution is 5.25. The minimum absolute atomic E-state index is 0.0264. The number of aliphatic hydroxyl groups is 1. The van der Waals surface area contributed by atoms with E-state index >= 15 is 0 Å². The van der Waals surface area contributed by atoms with Crippen LogP contribution in [-0.2, 0) is 11.2 Å². The Labute approximate surface area is 110 Å². The zero-order chi connectivity index (χ0) is 13.0. The third-order valence-electron chi connectivity index (χ3n) is 3.76. The highest BCUT2D eigenvalue weighted by Crippen LogP contribution is 2.30. The van der Waals surface area contributed by atoms with Gasteiger partial charge >= 0.3 is 0 Å². The van der Waals surface area contributed by atoms with E-state index in [1.54, 1.807) is 0 Å². The number of hydrogen-bond acceptors (Lipinski definition) is 2. The van der Waals surface area contributed by atoms with Gasteiger partial charge in [-0.1, -0.05) is 37.6 Å². The van der Waals surface area contributed by atoms with E-state index in [2.05, 4.69) is 26.0 Å². The molecule has 0 spiro atoms. The first-order valence-corrected chi connectivity index (χ1v) is 7.13. The van der Waals surface area contributed by atoms with E-state index < -0.39 is 6.10 Å². The molecule has 1 N–H and O–H groups in total. The third kappa shape index (κ3) is 3.33. The smallest absolute Gasteiger partial charge is 0.105 e. The van der Waals surface area contributed by atoms with Crippen LogP contribution in [0.4, 0.5) is 0 Å². The molecule has 3 atom stereocenters. The largest absolute Gasteiger partial charge is 0.386 e. The van der Waals surface area contributed by atoms with Crippen molar-refractivity contribution in [3.63, 3.8) is 0 Å². The van der Waals surface area contributed by atoms with Crippen molar-refractivity contribution < 1.29 is 9.84 Å². The fourth-order valence-corrected chi connectivity index (χ4v) is 2.54. The molecule has 1 fully saturated rings. The molecule has 2 heteroatoms. The summed E-state index contributed by atoms with van der Waals surface area (Å²) in [6, 6.07) is 8.35. The summed E-state index contributed by atoms with van der Waals surface area (Å²) in [7, 11) is 0. The average Bonchev–Trinajstić information content (AvgIpc) is 2.83. The van der Waals surface area contributed by atoms with Crippen LogP contribution in [-0.4, -0.2) is 17.3 Å². The van der Waals surface area contributed by atoms with Crippen LogP contribution in [0.1, 0.15) is 56.8 Å². The monoisotopic (exact) mass is 248 g/mol. The van der Waals surface area contributed by atoms with E-state index in [0.717, 1.165) is 24.8 Å². The van der Waals surface area contributed by atoms with Crippen LogP contribution >= 0.6 is 0 Å². The Balaban J connectivity index is 1.96. The van der Waals surface area contributed by atoms with E-state index in [1.807, 2.05) is 12.1 Å². The molecule has 1 heterocycles. The summed E-state index contributed by atoms with van der Waals surface area (Å²) < 4.78 is 5.72. The second-order valence-corrected chi connectivity index (χ2v) is 5.35. The molecule has 1 saturated heterocycles. The van der Waals surface area contributed by atoms with Crippen molar-refractivity contribution in [3.05, 3.63) is 35.4 Å². The molecule has 1 aromatic carbocycles. The Kier molecular flexibility index (Phi) is 4.79. The van der Waals surface area contributed by atoms with Crippen molar-refractivity contribution in [2.24, 2.45) is 0 Å². The quantitative estimate of drug-likeness (QED) is 0.862. The maximum absolute atomic E-state index is 10.3. The van der Waals surface area contributed by atoms with Crippen molar-refractivity contribution >= 4 is 0 Å². The molecule has 0 aromatic heterocycles. The van der Waals surface area contributed by atoms with Crippen molar-refractivity contribution in [1.29, 1.82) is 0 Å². The lowest BCUT2D eigenvalue weighted by Crippen LogP contribution is -2.18. The third-order valence-corrected chi connectivity index (χ3v) is 3.76. The van der Waals surface area contributed by atoms with Gasteiger partial charge in [0, 0.05) is 0 Å². The topological polar surface area (TPSA) is 29.5 Å². The SMILES string of the molecule is CCCCc1ccc(C(O)C2CCC(C)O2)cc1. The molecule has 3 unspecified atom stereocenters. The van der Waals surface area contributed by atoms with Gasteiger partial charge in [-0.25, -0.2) is 0 Å². The summed E-state index contributed by atoms with van der Waals surface area (Å²) in [6.45, 7) is 4.28. The maximum Gasteiger partial charge on any atom is 0.105 e. The molecular formula is C16H24O2. The van der Waals surface area contributed by atoms with Crippen molar-refractivity contribution in [2.45, 2.75) is 64.3 Å². The van der Waals surface area contributed by atoms with Gasteiger partial charge in [-0.05, 0) is 43.7 Å². The van der Waals surface area contributed by atoms with Gasteiger partial charge in [-0.2, -0.15) is 0 Å². The van der Waals surface area contributed by atoms with Crippen molar-refractivity contribution in [1.82, 2.24) is 0 Å². The van der Waals surface area contributed by atoms with Crippen LogP contribution in [0.15, 0.2) is 24.3 Å². The first kappa shape index (κ1) is 13.6. The Morgan fingerprint density at radius 2 is 2.00 bits per heavy atom. The number of benzene rings is 1. The fraction of sp³-hybridized carbons (Fsp3) is 0.625. The van der Waals surface area contributed by atoms with Gasteiger partial charge in [0.05, 0.1) is 12.2 Å². The van der Waals surface area contributed by atoms with Gasteiger partial charge in [0.2, 0.25) is 0 Å². The van der Waals surface area contributed by atoms with Crippen molar-refractivity contribution in [3.8, 4) is 0 Å². The molecule has 2 rings (SSSR count). The number of hydrogen-bond donors (Lipinski definition) is 1. The van der Waals surface area contributed by atoms with Gasteiger partial charge in [0.25, 0.3) is 0 Å². The lowest BCUT2D eigenvalue weighted by molar-refractivity contribution is -0.0297. The maximum atomic E-state index is 10.3. The summed E-state index contributed by atoms with van der Waals surface area (Å²) in [5.41, 5.74) is 2.34. The predicted octanol–water partition coefficient (Wildman–Crippen LogP) is 3.63. The summed E-state index contributed by atoms with van der Waals surface area (Å²) >= 11 is 0. The lowest BCUT2D eigenvalue weighted by Gasteiger charge is -2.19. The second kappa shape index (κ2) is 6.35. The summed E-state index contributed by atoms with van der Waals surface area (Å²) in [6.07, 6.45) is 5.37. The zero-order valence-electron chi connectivity index (χ0n) is 11.4. The van der Waals surface area contributed by atoms with Crippen LogP contribution in [0, 0.1) is 0 Å². The van der Waals surface area contributed by atoms with Gasteiger partial charge in [0.1, 0.15) is 6.10 Å². The minimum atomic E-state index is -0.477. The standard InChI is InChI=1S/C16H24O2/c1-3-4-5-13-7-9-14(10-8-13)16(17)15-11-6-12(2)18-15/h7-10,12,15-17H,3-6,11H2,1-2H3. The molecule has 0 amide bonds.